The SMILES string of the molecule is C[C@]12CCC[C@H](O)C1CC[C@@H]2C1(C/C=C/C(O)(C(F)(F)F)C(F)(F)F)CC1.C[C@]12CCC[C@H](O)C1CC[C@@H]2C1(CC#CC(O)(C(F)(F)F)C(F)(F)F)CC1. The monoisotopic (exact) mass is 798 g/mol. The lowest BCUT2D eigenvalue weighted by Crippen LogP contribution is -2.55. The summed E-state index contributed by atoms with van der Waals surface area (Å²) in [5.74, 6) is 3.73. The van der Waals surface area contributed by atoms with E-state index in [4.69, 9.17) is 0 Å². The van der Waals surface area contributed by atoms with Gasteiger partial charge in [-0.25, -0.2) is 0 Å². The molecule has 0 radical (unpaired) electrons. The van der Waals surface area contributed by atoms with Crippen molar-refractivity contribution in [2.24, 2.45) is 45.3 Å². The van der Waals surface area contributed by atoms with Crippen molar-refractivity contribution in [2.75, 3.05) is 0 Å². The Kier molecular flexibility index (Phi) is 11.3. The predicted octanol–water partition coefficient (Wildman–Crippen LogP) is 9.74. The summed E-state index contributed by atoms with van der Waals surface area (Å²) in [4.78, 5) is 0. The third-order valence-corrected chi connectivity index (χ3v) is 14.7. The Balaban J connectivity index is 0.000000208. The van der Waals surface area contributed by atoms with E-state index in [1.54, 1.807) is 0 Å². The topological polar surface area (TPSA) is 80.9 Å². The van der Waals surface area contributed by atoms with Gasteiger partial charge in [-0.3, -0.25) is 0 Å². The maximum Gasteiger partial charge on any atom is 0.438 e. The van der Waals surface area contributed by atoms with E-state index in [9.17, 15) is 73.1 Å². The predicted molar refractivity (Wildman–Crippen MR) is 172 cm³/mol. The molecule has 4 nitrogen and oxygen atoms in total. The highest BCUT2D eigenvalue weighted by Gasteiger charge is 2.71. The van der Waals surface area contributed by atoms with Crippen molar-refractivity contribution in [1.29, 1.82) is 0 Å². The molecule has 2 unspecified atom stereocenters. The molecule has 6 rings (SSSR count). The molecule has 8 atom stereocenters. The van der Waals surface area contributed by atoms with E-state index in [1.807, 2.05) is 5.92 Å². The number of hydrogen-bond acceptors (Lipinski definition) is 4. The van der Waals surface area contributed by atoms with Crippen molar-refractivity contribution in [2.45, 2.75) is 165 Å². The van der Waals surface area contributed by atoms with Gasteiger partial charge in [0.1, 0.15) is 0 Å². The molecule has 310 valence electrons. The lowest BCUT2D eigenvalue weighted by molar-refractivity contribution is -0.347. The van der Waals surface area contributed by atoms with Gasteiger partial charge in [0.2, 0.25) is 0 Å². The van der Waals surface area contributed by atoms with Gasteiger partial charge in [0.25, 0.3) is 5.60 Å². The van der Waals surface area contributed by atoms with Crippen LogP contribution in [0, 0.1) is 57.2 Å². The van der Waals surface area contributed by atoms with Crippen molar-refractivity contribution in [3.63, 3.8) is 0 Å². The van der Waals surface area contributed by atoms with Gasteiger partial charge in [0, 0.05) is 6.42 Å². The maximum atomic E-state index is 12.8. The number of hydrogen-bond donors (Lipinski definition) is 4. The Morgan fingerprint density at radius 1 is 0.574 bits per heavy atom. The van der Waals surface area contributed by atoms with E-state index in [0.29, 0.717) is 12.8 Å². The van der Waals surface area contributed by atoms with Crippen LogP contribution in [-0.2, 0) is 0 Å². The first-order valence-electron chi connectivity index (χ1n) is 18.8. The number of alkyl halides is 12. The van der Waals surface area contributed by atoms with E-state index in [0.717, 1.165) is 89.0 Å². The van der Waals surface area contributed by atoms with Gasteiger partial charge in [-0.1, -0.05) is 38.7 Å². The second-order valence-electron chi connectivity index (χ2n) is 17.7. The van der Waals surface area contributed by atoms with Crippen LogP contribution in [0.5, 0.6) is 0 Å². The van der Waals surface area contributed by atoms with Gasteiger partial charge in [0.05, 0.1) is 12.2 Å². The van der Waals surface area contributed by atoms with Crippen LogP contribution in [-0.4, -0.2) is 68.5 Å². The fourth-order valence-electron chi connectivity index (χ4n) is 11.4. The van der Waals surface area contributed by atoms with Crippen molar-refractivity contribution >= 4 is 0 Å². The Hall–Kier alpha value is -1.70. The molecule has 0 bridgehead atoms. The summed E-state index contributed by atoms with van der Waals surface area (Å²) < 4.78 is 153. The molecule has 6 saturated carbocycles. The highest BCUT2D eigenvalue weighted by molar-refractivity contribution is 5.24. The van der Waals surface area contributed by atoms with E-state index >= 15 is 0 Å². The smallest absolute Gasteiger partial charge is 0.393 e. The zero-order valence-corrected chi connectivity index (χ0v) is 30.3. The van der Waals surface area contributed by atoms with Crippen molar-refractivity contribution < 1.29 is 73.1 Å². The lowest BCUT2D eigenvalue weighted by atomic mass is 9.60. The molecule has 0 aromatic heterocycles. The van der Waals surface area contributed by atoms with Gasteiger partial charge in [-0.05, 0) is 141 Å². The van der Waals surface area contributed by atoms with Crippen LogP contribution in [0.1, 0.15) is 117 Å². The van der Waals surface area contributed by atoms with Crippen molar-refractivity contribution in [3.05, 3.63) is 12.2 Å². The molecule has 6 aliphatic carbocycles. The molecule has 54 heavy (non-hydrogen) atoms. The van der Waals surface area contributed by atoms with Gasteiger partial charge in [-0.2, -0.15) is 52.7 Å². The molecule has 6 aliphatic rings. The fraction of sp³-hybridized carbons (Fsp3) is 0.895. The largest absolute Gasteiger partial charge is 0.438 e. The molecule has 0 spiro atoms. The standard InChI is InChI=1S/C19H26F6O2.C19H24F6O2/c2*1-15-7-2-4-13(26)12(15)5-6-14(15)16(10-11-16)8-3-9-17(27,18(20,21)22)19(23,24)25/h3,9,12-14,26-27H,2,4-8,10-11H2,1H3;12-14,26-27H,2,4-8,10-11H2,1H3/b9-3+;/t2*12?,13-,14-,15-/m00/s1. The van der Waals surface area contributed by atoms with Crippen LogP contribution >= 0.6 is 0 Å². The number of aliphatic hydroxyl groups excluding tert-OH is 2. The number of aliphatic hydroxyl groups is 4. The first-order valence-corrected chi connectivity index (χ1v) is 18.8. The van der Waals surface area contributed by atoms with Crippen LogP contribution in [0.25, 0.3) is 0 Å². The van der Waals surface area contributed by atoms with Crippen LogP contribution in [0.2, 0.25) is 0 Å². The molecule has 4 N–H and O–H groups in total. The summed E-state index contributed by atoms with van der Waals surface area (Å²) in [6, 6.07) is 0. The molecule has 0 aliphatic heterocycles. The minimum Gasteiger partial charge on any atom is -0.393 e. The summed E-state index contributed by atoms with van der Waals surface area (Å²) in [6.45, 7) is 4.20. The number of rotatable bonds is 6. The molecular formula is C38H50F12O4. The molecule has 6 fully saturated rings. The second-order valence-corrected chi connectivity index (χ2v) is 17.7. The van der Waals surface area contributed by atoms with Gasteiger partial charge >= 0.3 is 30.3 Å². The van der Waals surface area contributed by atoms with Crippen molar-refractivity contribution in [1.82, 2.24) is 0 Å². The first kappa shape index (κ1) is 43.4. The minimum absolute atomic E-state index is 0.0878. The summed E-state index contributed by atoms with van der Waals surface area (Å²) in [6.07, 6.45) is -12.1. The molecule has 0 heterocycles. The maximum absolute atomic E-state index is 12.8. The summed E-state index contributed by atoms with van der Waals surface area (Å²) in [7, 11) is 0. The second kappa shape index (κ2) is 14.0. The van der Waals surface area contributed by atoms with Crippen LogP contribution in [0.4, 0.5) is 52.7 Å². The molecular weight excluding hydrogens is 748 g/mol. The molecule has 0 aromatic carbocycles. The average molecular weight is 799 g/mol. The van der Waals surface area contributed by atoms with Gasteiger partial charge in [-0.15, -0.1) is 0 Å². The van der Waals surface area contributed by atoms with Crippen LogP contribution < -0.4 is 0 Å². The average Bonchev–Trinajstić information content (AvgIpc) is 3.91. The number of allylic oxidation sites excluding steroid dienone is 1. The number of halogens is 12. The molecule has 0 saturated heterocycles. The van der Waals surface area contributed by atoms with Crippen molar-refractivity contribution in [3.8, 4) is 11.8 Å². The minimum atomic E-state index is -5.91. The zero-order chi connectivity index (χ0) is 40.6. The van der Waals surface area contributed by atoms with Gasteiger partial charge < -0.3 is 20.4 Å². The Morgan fingerprint density at radius 2 is 0.981 bits per heavy atom. The van der Waals surface area contributed by atoms with E-state index in [1.165, 1.54) is 0 Å². The Bertz CT molecular complexity index is 1420. The quantitative estimate of drug-likeness (QED) is 0.123. The third-order valence-electron chi connectivity index (χ3n) is 14.7. The molecule has 16 heteroatoms. The highest BCUT2D eigenvalue weighted by atomic mass is 19.4. The van der Waals surface area contributed by atoms with E-state index in [-0.39, 0.29) is 64.9 Å². The highest BCUT2D eigenvalue weighted by Crippen LogP contribution is 2.70. The Labute approximate surface area is 307 Å². The summed E-state index contributed by atoms with van der Waals surface area (Å²) in [5.41, 5.74) is -10.8. The van der Waals surface area contributed by atoms with Crippen LogP contribution in [0.3, 0.4) is 0 Å². The van der Waals surface area contributed by atoms with E-state index < -0.39 is 47.4 Å². The first-order chi connectivity index (χ1) is 24.5. The lowest BCUT2D eigenvalue weighted by Gasteiger charge is -2.46. The van der Waals surface area contributed by atoms with Crippen LogP contribution in [0.15, 0.2) is 12.2 Å². The number of fused-ring (bicyclic) bond motifs is 2. The van der Waals surface area contributed by atoms with Gasteiger partial charge in [0.15, 0.2) is 0 Å². The molecule has 0 aromatic rings. The third kappa shape index (κ3) is 7.43. The summed E-state index contributed by atoms with van der Waals surface area (Å²) in [5, 5.41) is 39.1. The summed E-state index contributed by atoms with van der Waals surface area (Å²) >= 11 is 0. The molecule has 0 amide bonds. The zero-order valence-electron chi connectivity index (χ0n) is 30.3. The van der Waals surface area contributed by atoms with E-state index in [2.05, 4.69) is 13.8 Å². The fourth-order valence-corrected chi connectivity index (χ4v) is 11.4. The normalized spacial score (nSPS) is 36.4. The Morgan fingerprint density at radius 3 is 1.35 bits per heavy atom.